The van der Waals surface area contributed by atoms with Gasteiger partial charge in [0, 0.05) is 0 Å². The second kappa shape index (κ2) is 57.4. The minimum Gasteiger partial charge on any atom is -0.393 e. The van der Waals surface area contributed by atoms with E-state index in [0.717, 1.165) is 189 Å². The third-order valence-corrected chi connectivity index (χ3v) is 18.7. The first-order valence-corrected chi connectivity index (χ1v) is 40.0. The monoisotopic (exact) mass is 1460 g/mol. The van der Waals surface area contributed by atoms with Gasteiger partial charge in [-0.1, -0.05) is 380 Å². The van der Waals surface area contributed by atoms with E-state index in [2.05, 4.69) is 0 Å². The number of hydrogen-bond donors (Lipinski definition) is 12. The van der Waals surface area contributed by atoms with Gasteiger partial charge in [-0.2, -0.15) is 0 Å². The van der Waals surface area contributed by atoms with Crippen molar-refractivity contribution in [2.45, 2.75) is 318 Å². The molecule has 0 spiro atoms. The molecule has 0 saturated heterocycles. The Labute approximate surface area is 637 Å². The molecular weight excluding hydrogens is 1310 g/mol. The molecule has 105 heavy (non-hydrogen) atoms. The van der Waals surface area contributed by atoms with E-state index >= 15 is 0 Å². The van der Waals surface area contributed by atoms with Crippen molar-refractivity contribution >= 4 is 0 Å². The van der Waals surface area contributed by atoms with Crippen molar-refractivity contribution in [3.8, 4) is 0 Å². The number of rotatable bonds is 62. The fourth-order valence-electron chi connectivity index (χ4n) is 11.6. The second-order valence-electron chi connectivity index (χ2n) is 27.6. The fraction of sp³-hybridized carbons (Fsp3) is 0.565. The molecule has 0 amide bonds. The lowest BCUT2D eigenvalue weighted by Crippen LogP contribution is -2.82. The van der Waals surface area contributed by atoms with Gasteiger partial charge in [0.15, 0.2) is 33.6 Å². The van der Waals surface area contributed by atoms with Gasteiger partial charge in [-0.25, -0.2) is 0 Å². The number of aliphatic hydroxyl groups excluding tert-OH is 2. The Kier molecular flexibility index (Phi) is 54.3. The zero-order valence-corrected chi connectivity index (χ0v) is 66.5. The Morgan fingerprint density at radius 1 is 0.190 bits per heavy atom. The van der Waals surface area contributed by atoms with Crippen molar-refractivity contribution in [1.29, 1.82) is 0 Å². The molecule has 10 atom stereocenters. The van der Waals surface area contributed by atoms with E-state index in [1.165, 1.54) is 85.1 Å². The lowest BCUT2D eigenvalue weighted by molar-refractivity contribution is -0.412. The van der Waals surface area contributed by atoms with Crippen LogP contribution in [0.4, 0.5) is 0 Å². The third-order valence-electron chi connectivity index (χ3n) is 18.7. The summed E-state index contributed by atoms with van der Waals surface area (Å²) in [5.41, 5.74) is -27.7. The van der Waals surface area contributed by atoms with Crippen LogP contribution in [0.2, 0.25) is 0 Å². The summed E-state index contributed by atoms with van der Waals surface area (Å²) in [7, 11) is 0. The minimum absolute atomic E-state index is 0.527. The predicted molar refractivity (Wildman–Crippen MR) is 443 cm³/mol. The van der Waals surface area contributed by atoms with E-state index in [9.17, 15) is 61.3 Å². The standard InChI is InChI=1S/C92H146O13/c1-11-21-31-41-51-61-71-83(95,81-93)85(97,73-63-53-43-33-23-13-3)87(99,75-65-55-45-35-25-15-5)89(101,77-67-57-47-37-27-17-7)91(103,79-69-59-49-39-29-19-9)105-92(104,80-70-60-50-40-30-20-10)90(102,78-68-58-48-38-28-18-8)88(100,76-66-56-46-36-26-16-6)86(98,74-64-54-44-34-24-14-4)84(96,82-94)72-62-52-42-32-22-12-2/h41-80,93-104H,11-40,81-82H2,1-10H3/b51-41+,52-42+,53-43+,54-44+,55-45+,56-46+,57-47+,58-48+,59-49+,60-50+,71-61+,72-62+,73-63+,74-64+,75-65+,76-66+,77-67+,78-68+,79-69+,80-70+/t83-,84-,85+,86+,87+,88+,89+,90+,91?,92?/m0/s1. The summed E-state index contributed by atoms with van der Waals surface area (Å²) in [6.45, 7) is 17.6. The van der Waals surface area contributed by atoms with Crippen LogP contribution in [0.5, 0.6) is 0 Å². The zero-order valence-electron chi connectivity index (χ0n) is 66.5. The van der Waals surface area contributed by atoms with Crippen LogP contribution in [-0.2, 0) is 4.74 Å². The molecule has 0 rings (SSSR count). The summed E-state index contributed by atoms with van der Waals surface area (Å²) in [6.07, 6.45) is 78.3. The van der Waals surface area contributed by atoms with Crippen LogP contribution in [0, 0.1) is 0 Å². The first-order chi connectivity index (χ1) is 50.4. The van der Waals surface area contributed by atoms with Crippen LogP contribution in [0.25, 0.3) is 0 Å². The molecule has 13 heteroatoms. The molecule has 2 unspecified atom stereocenters. The van der Waals surface area contributed by atoms with Crippen LogP contribution in [0.3, 0.4) is 0 Å². The van der Waals surface area contributed by atoms with Gasteiger partial charge in [-0.3, -0.25) is 0 Å². The molecule has 0 aliphatic carbocycles. The molecule has 0 aliphatic rings. The number of ether oxygens (including phenoxy) is 1. The highest BCUT2D eigenvalue weighted by molar-refractivity contribution is 5.47. The first kappa shape index (κ1) is 99.3. The Hall–Kier alpha value is -5.72. The molecule has 0 aromatic heterocycles. The second-order valence-corrected chi connectivity index (χ2v) is 27.6. The van der Waals surface area contributed by atoms with E-state index in [1.807, 2.05) is 81.4 Å². The van der Waals surface area contributed by atoms with Crippen LogP contribution in [0.1, 0.15) is 262 Å². The maximum atomic E-state index is 15.0. The SMILES string of the molecule is CCCC/C=C/C=C/C(O)(OC(O)(/C=C/C=C/CCCC)[C@@](O)(/C=C/C=C/CCCC)[C@@](O)(/C=C/C=C/CCCC)[C@@](O)(/C=C/C=C/CCCC)[C@](O)(/C=C/C=C/CCCC)CO)[C@@](O)(/C=C/C=C/CCCC)[C@@](O)(/C=C/C=C/CCCC)[C@@](O)(/C=C/C=C/CCCC)[C@](O)(/C=C/C=C/CCCC)CO. The molecule has 0 heterocycles. The fourth-order valence-corrected chi connectivity index (χ4v) is 11.6. The molecule has 0 radical (unpaired) electrons. The topological polar surface area (TPSA) is 252 Å². The molecule has 0 aromatic carbocycles. The average Bonchev–Trinajstić information content (AvgIpc) is 0.688. The molecule has 592 valence electrons. The number of unbranched alkanes of at least 4 members (excludes halogenated alkanes) is 20. The third kappa shape index (κ3) is 32.2. The van der Waals surface area contributed by atoms with Crippen LogP contribution >= 0.6 is 0 Å². The van der Waals surface area contributed by atoms with E-state index in [0.29, 0.717) is 64.2 Å². The Balaban J connectivity index is 11.7. The largest absolute Gasteiger partial charge is 0.393 e. The van der Waals surface area contributed by atoms with Crippen molar-refractivity contribution in [3.63, 3.8) is 0 Å². The highest BCUT2D eigenvalue weighted by Crippen LogP contribution is 2.54. The number of allylic oxidation sites excluding steroid dienone is 30. The van der Waals surface area contributed by atoms with Crippen molar-refractivity contribution in [2.24, 2.45) is 0 Å². The van der Waals surface area contributed by atoms with E-state index in [1.54, 1.807) is 85.1 Å². The molecule has 0 saturated carbocycles. The Morgan fingerprint density at radius 3 is 0.514 bits per heavy atom. The van der Waals surface area contributed by atoms with Crippen molar-refractivity contribution < 1.29 is 66.0 Å². The number of aliphatic hydroxyl groups is 12. The molecule has 0 aliphatic heterocycles. The minimum atomic E-state index is -3.85. The first-order valence-electron chi connectivity index (χ1n) is 40.0. The van der Waals surface area contributed by atoms with Crippen molar-refractivity contribution in [2.75, 3.05) is 13.2 Å². The molecule has 0 bridgehead atoms. The maximum absolute atomic E-state index is 15.0. The number of hydrogen-bond acceptors (Lipinski definition) is 13. The van der Waals surface area contributed by atoms with Gasteiger partial charge in [-0.05, 0) is 125 Å². The average molecular weight is 1460 g/mol. The smallest absolute Gasteiger partial charge is 0.225 e. The summed E-state index contributed by atoms with van der Waals surface area (Å²) < 4.78 is 7.06. The maximum Gasteiger partial charge on any atom is 0.225 e. The molecule has 0 fully saturated rings. The normalized spacial score (nSPS) is 19.6. The summed E-state index contributed by atoms with van der Waals surface area (Å²) in [5.74, 6) is -7.69. The lowest BCUT2D eigenvalue weighted by Gasteiger charge is -2.60. The molecular formula is C92H146O13. The molecule has 13 nitrogen and oxygen atoms in total. The van der Waals surface area contributed by atoms with E-state index in [4.69, 9.17) is 4.74 Å². The van der Waals surface area contributed by atoms with E-state index in [-0.39, 0.29) is 0 Å². The van der Waals surface area contributed by atoms with Gasteiger partial charge in [0.25, 0.3) is 0 Å². The quantitative estimate of drug-likeness (QED) is 0.0154. The molecule has 12 N–H and O–H groups in total. The van der Waals surface area contributed by atoms with Crippen molar-refractivity contribution in [1.82, 2.24) is 0 Å². The predicted octanol–water partition coefficient (Wildman–Crippen LogP) is 19.2. The summed E-state index contributed by atoms with van der Waals surface area (Å²) in [5, 5.41) is 168. The van der Waals surface area contributed by atoms with Crippen LogP contribution in [0.15, 0.2) is 243 Å². The highest BCUT2D eigenvalue weighted by atomic mass is 16.7. The van der Waals surface area contributed by atoms with Crippen LogP contribution < -0.4 is 0 Å². The van der Waals surface area contributed by atoms with Gasteiger partial charge in [0.2, 0.25) is 11.6 Å². The summed E-state index contributed by atoms with van der Waals surface area (Å²) >= 11 is 0. The Morgan fingerprint density at radius 2 is 0.343 bits per heavy atom. The molecule has 0 aromatic rings. The van der Waals surface area contributed by atoms with Crippen LogP contribution in [-0.4, -0.2) is 131 Å². The zero-order chi connectivity index (χ0) is 78.6. The Bertz CT molecular complexity index is 2720. The van der Waals surface area contributed by atoms with Gasteiger partial charge in [0.05, 0.1) is 13.2 Å². The summed E-state index contributed by atoms with van der Waals surface area (Å²) in [6, 6.07) is 0. The van der Waals surface area contributed by atoms with Gasteiger partial charge >= 0.3 is 0 Å². The van der Waals surface area contributed by atoms with Crippen molar-refractivity contribution in [3.05, 3.63) is 243 Å². The van der Waals surface area contributed by atoms with E-state index < -0.39 is 69.6 Å². The summed E-state index contributed by atoms with van der Waals surface area (Å²) in [4.78, 5) is 0. The highest BCUT2D eigenvalue weighted by Gasteiger charge is 2.76. The van der Waals surface area contributed by atoms with Gasteiger partial charge < -0.3 is 66.0 Å². The lowest BCUT2D eigenvalue weighted by atomic mass is 9.59. The van der Waals surface area contributed by atoms with Gasteiger partial charge in [0.1, 0.15) is 11.2 Å². The van der Waals surface area contributed by atoms with Gasteiger partial charge in [-0.15, -0.1) is 0 Å².